The molecule has 160 valence electrons. The molecule has 0 bridgehead atoms. The van der Waals surface area contributed by atoms with Crippen LogP contribution in [0.2, 0.25) is 0 Å². The molecule has 3 N–H and O–H groups in total. The van der Waals surface area contributed by atoms with Gasteiger partial charge in [-0.3, -0.25) is 10.1 Å². The Hall–Kier alpha value is -4.38. The van der Waals surface area contributed by atoms with E-state index in [2.05, 4.69) is 17.2 Å². The first-order valence-electron chi connectivity index (χ1n) is 9.77. The van der Waals surface area contributed by atoms with Crippen molar-refractivity contribution in [1.82, 2.24) is 5.32 Å². The number of amides is 1. The van der Waals surface area contributed by atoms with E-state index in [1.165, 1.54) is 0 Å². The molecule has 1 amide bonds. The van der Waals surface area contributed by atoms with Crippen LogP contribution in [0.15, 0.2) is 60.7 Å². The molecular formula is C24H18FN3O4. The van der Waals surface area contributed by atoms with Gasteiger partial charge in [-0.1, -0.05) is 60.4 Å². The van der Waals surface area contributed by atoms with E-state index in [1.54, 1.807) is 0 Å². The molecule has 0 spiro atoms. The van der Waals surface area contributed by atoms with Crippen molar-refractivity contribution in [2.24, 2.45) is 0 Å². The molecule has 3 aromatic carbocycles. The van der Waals surface area contributed by atoms with Gasteiger partial charge in [0.1, 0.15) is 12.3 Å². The van der Waals surface area contributed by atoms with Gasteiger partial charge in [0.2, 0.25) is 0 Å². The van der Waals surface area contributed by atoms with Gasteiger partial charge in [-0.15, -0.1) is 0 Å². The molecule has 3 aromatic rings. The maximum absolute atomic E-state index is 13.7. The number of nitrogens with zero attached hydrogens (tertiary/aromatic N) is 1. The van der Waals surface area contributed by atoms with Gasteiger partial charge in [0, 0.05) is 17.5 Å². The van der Waals surface area contributed by atoms with Gasteiger partial charge in [0.05, 0.1) is 11.5 Å². The normalized spacial score (nSPS) is 11.7. The van der Waals surface area contributed by atoms with Crippen LogP contribution in [0.3, 0.4) is 0 Å². The third kappa shape index (κ3) is 4.09. The minimum atomic E-state index is -0.923. The lowest BCUT2D eigenvalue weighted by Crippen LogP contribution is -2.26. The van der Waals surface area contributed by atoms with E-state index < -0.39 is 28.2 Å². The van der Waals surface area contributed by atoms with Crippen LogP contribution in [0.5, 0.6) is 0 Å². The third-order valence-electron chi connectivity index (χ3n) is 5.20. The maximum Gasteiger partial charge on any atom is 0.407 e. The van der Waals surface area contributed by atoms with Gasteiger partial charge in [0.25, 0.3) is 5.69 Å². The van der Waals surface area contributed by atoms with Gasteiger partial charge in [-0.2, -0.15) is 0 Å². The van der Waals surface area contributed by atoms with E-state index in [0.29, 0.717) is 0 Å². The molecule has 1 aliphatic carbocycles. The maximum atomic E-state index is 13.7. The number of nitrogens with two attached hydrogens (primary N) is 1. The molecule has 1 aliphatic rings. The van der Waals surface area contributed by atoms with E-state index in [9.17, 15) is 19.3 Å². The van der Waals surface area contributed by atoms with Gasteiger partial charge < -0.3 is 15.8 Å². The Labute approximate surface area is 183 Å². The first-order chi connectivity index (χ1) is 15.5. The van der Waals surface area contributed by atoms with Crippen molar-refractivity contribution in [3.63, 3.8) is 0 Å². The minimum absolute atomic E-state index is 0.0578. The highest BCUT2D eigenvalue weighted by Crippen LogP contribution is 2.44. The molecule has 0 atom stereocenters. The van der Waals surface area contributed by atoms with Gasteiger partial charge in [-0.25, -0.2) is 9.18 Å². The van der Waals surface area contributed by atoms with Crippen molar-refractivity contribution in [1.29, 1.82) is 0 Å². The summed E-state index contributed by atoms with van der Waals surface area (Å²) >= 11 is 0. The smallest absolute Gasteiger partial charge is 0.407 e. The number of alkyl carbamates (subject to hydrolysis) is 1. The Morgan fingerprint density at radius 2 is 1.75 bits per heavy atom. The zero-order chi connectivity index (χ0) is 22.7. The number of nitrogens with one attached hydrogen (secondary N) is 1. The highest BCUT2D eigenvalue weighted by atomic mass is 19.1. The number of hydrogen-bond acceptors (Lipinski definition) is 5. The number of anilines is 1. The Balaban J connectivity index is 1.36. The fraction of sp³-hybridized carbons (Fsp3) is 0.125. The van der Waals surface area contributed by atoms with Crippen LogP contribution in [0.1, 0.15) is 22.6 Å². The monoisotopic (exact) mass is 431 g/mol. The van der Waals surface area contributed by atoms with Crippen LogP contribution < -0.4 is 11.1 Å². The second kappa shape index (κ2) is 8.78. The van der Waals surface area contributed by atoms with E-state index >= 15 is 0 Å². The quantitative estimate of drug-likeness (QED) is 0.279. The van der Waals surface area contributed by atoms with Crippen LogP contribution in [0, 0.1) is 27.8 Å². The van der Waals surface area contributed by atoms with Crippen LogP contribution >= 0.6 is 0 Å². The number of nitrogen functional groups attached to an aromatic ring is 1. The molecule has 8 heteroatoms. The second-order valence-electron chi connectivity index (χ2n) is 7.13. The number of nitro benzene ring substituents is 1. The van der Waals surface area contributed by atoms with E-state index in [0.717, 1.165) is 34.4 Å². The van der Waals surface area contributed by atoms with Crippen LogP contribution in [0.4, 0.5) is 20.6 Å². The first kappa shape index (κ1) is 20.9. The van der Waals surface area contributed by atoms with Crippen LogP contribution in [-0.4, -0.2) is 24.2 Å². The Bertz CT molecular complexity index is 1230. The molecular weight excluding hydrogens is 413 g/mol. The van der Waals surface area contributed by atoms with Gasteiger partial charge in [-0.05, 0) is 28.3 Å². The molecule has 0 heterocycles. The van der Waals surface area contributed by atoms with Crippen molar-refractivity contribution in [2.75, 3.05) is 18.9 Å². The number of rotatable bonds is 4. The summed E-state index contributed by atoms with van der Waals surface area (Å²) in [6, 6.07) is 18.1. The van der Waals surface area contributed by atoms with Gasteiger partial charge in [0.15, 0.2) is 5.82 Å². The Kier molecular flexibility index (Phi) is 5.73. The number of carbonyl (C=O) groups excluding carboxylic acids is 1. The minimum Gasteiger partial charge on any atom is -0.449 e. The van der Waals surface area contributed by atoms with Gasteiger partial charge >= 0.3 is 6.09 Å². The first-order valence-corrected chi connectivity index (χ1v) is 9.77. The predicted octanol–water partition coefficient (Wildman–Crippen LogP) is 4.21. The summed E-state index contributed by atoms with van der Waals surface area (Å²) in [4.78, 5) is 22.2. The summed E-state index contributed by atoms with van der Waals surface area (Å²) in [6.07, 6.45) is -0.643. The van der Waals surface area contributed by atoms with E-state index in [-0.39, 0.29) is 24.6 Å². The lowest BCUT2D eigenvalue weighted by atomic mass is 9.98. The summed E-state index contributed by atoms with van der Waals surface area (Å²) in [5, 5.41) is 13.4. The Morgan fingerprint density at radius 1 is 1.12 bits per heavy atom. The molecule has 32 heavy (non-hydrogen) atoms. The van der Waals surface area contributed by atoms with Crippen LogP contribution in [0.25, 0.3) is 11.1 Å². The van der Waals surface area contributed by atoms with Crippen molar-refractivity contribution < 1.29 is 18.8 Å². The fourth-order valence-corrected chi connectivity index (χ4v) is 3.74. The van der Waals surface area contributed by atoms with Crippen molar-refractivity contribution in [3.8, 4) is 23.0 Å². The molecule has 0 radical (unpaired) electrons. The second-order valence-corrected chi connectivity index (χ2v) is 7.13. The highest BCUT2D eigenvalue weighted by molar-refractivity contribution is 5.79. The SMILES string of the molecule is Nc1c(F)cc(C#CCNC(=O)OCC2c3ccccc3-c3ccccc32)cc1[N+](=O)[O-]. The highest BCUT2D eigenvalue weighted by Gasteiger charge is 2.28. The molecule has 7 nitrogen and oxygen atoms in total. The average Bonchev–Trinajstić information content (AvgIpc) is 3.11. The topological polar surface area (TPSA) is 107 Å². The molecule has 4 rings (SSSR count). The van der Waals surface area contributed by atoms with Crippen LogP contribution in [-0.2, 0) is 4.74 Å². The number of ether oxygens (including phenoxy) is 1. The number of benzene rings is 3. The molecule has 0 fully saturated rings. The zero-order valence-electron chi connectivity index (χ0n) is 16.8. The summed E-state index contributed by atoms with van der Waals surface area (Å²) in [5.74, 6) is 4.20. The average molecular weight is 431 g/mol. The summed E-state index contributed by atoms with van der Waals surface area (Å²) < 4.78 is 19.1. The lowest BCUT2D eigenvalue weighted by molar-refractivity contribution is -0.384. The number of nitro groups is 1. The standard InChI is InChI=1S/C24H18FN3O4/c25-21-12-15(13-22(23(21)26)28(30)31)6-5-11-27-24(29)32-14-20-18-9-3-1-7-16(18)17-8-2-4-10-19(17)20/h1-4,7-10,12-13,20H,11,14,26H2,(H,27,29). The molecule has 0 aromatic heterocycles. The molecule has 0 unspecified atom stereocenters. The molecule has 0 aliphatic heterocycles. The zero-order valence-corrected chi connectivity index (χ0v) is 16.8. The summed E-state index contributed by atoms with van der Waals surface area (Å²) in [6.45, 7) is 0.0964. The third-order valence-corrected chi connectivity index (χ3v) is 5.20. The largest absolute Gasteiger partial charge is 0.449 e. The van der Waals surface area contributed by atoms with Crippen molar-refractivity contribution in [2.45, 2.75) is 5.92 Å². The number of hydrogen-bond donors (Lipinski definition) is 2. The number of halogens is 1. The van der Waals surface area contributed by atoms with E-state index in [4.69, 9.17) is 10.5 Å². The lowest BCUT2D eigenvalue weighted by Gasteiger charge is -2.14. The predicted molar refractivity (Wildman–Crippen MR) is 117 cm³/mol. The summed E-state index contributed by atoms with van der Waals surface area (Å²) in [5.41, 5.74) is 8.81. The fourth-order valence-electron chi connectivity index (χ4n) is 3.74. The van der Waals surface area contributed by atoms with Crippen molar-refractivity contribution in [3.05, 3.63) is 93.3 Å². The molecule has 0 saturated carbocycles. The Morgan fingerprint density at radius 3 is 2.38 bits per heavy atom. The molecule has 0 saturated heterocycles. The number of fused-ring (bicyclic) bond motifs is 3. The van der Waals surface area contributed by atoms with E-state index in [1.807, 2.05) is 48.5 Å². The number of carbonyl (C=O) groups is 1. The van der Waals surface area contributed by atoms with Crippen molar-refractivity contribution >= 4 is 17.5 Å². The summed E-state index contributed by atoms with van der Waals surface area (Å²) in [7, 11) is 0.